The van der Waals surface area contributed by atoms with E-state index in [1.54, 1.807) is 5.57 Å². The molecule has 0 saturated heterocycles. The zero-order valence-corrected chi connectivity index (χ0v) is 41.3. The minimum atomic E-state index is 0.0481. The molecular formula is C56H98N2O3. The van der Waals surface area contributed by atoms with Crippen molar-refractivity contribution in [2.75, 3.05) is 26.4 Å². The molecule has 4 aliphatic rings. The molecule has 1 aromatic rings. The highest BCUT2D eigenvalue weighted by Crippen LogP contribution is 2.67. The maximum absolute atomic E-state index is 6.63. The van der Waals surface area contributed by atoms with Gasteiger partial charge in [-0.05, 0) is 150 Å². The predicted molar refractivity (Wildman–Crippen MR) is 259 cm³/mol. The summed E-state index contributed by atoms with van der Waals surface area (Å²) >= 11 is 0. The normalized spacial score (nSPS) is 28.5. The van der Waals surface area contributed by atoms with Crippen LogP contribution in [-0.4, -0.2) is 48.2 Å². The molecule has 0 bridgehead atoms. The van der Waals surface area contributed by atoms with Crippen molar-refractivity contribution in [1.82, 2.24) is 9.55 Å². The SMILES string of the molecule is CCCCCCCCC=CCCCCCCCCOCC(Cn1ccnc1C)OCCCCO[C@H]1CC[C@@]2(C)C(=CCC3C4CCC(C(C)CCCC(C)C)[C@@]4(C)CCC32)C1. The number of unbranched alkanes of at least 4 members (excludes halogenated alkanes) is 13. The van der Waals surface area contributed by atoms with E-state index in [0.29, 0.717) is 23.5 Å². The first kappa shape index (κ1) is 50.6. The Labute approximate surface area is 377 Å². The Hall–Kier alpha value is -1.43. The van der Waals surface area contributed by atoms with Crippen LogP contribution in [0, 0.1) is 53.3 Å². The van der Waals surface area contributed by atoms with Crippen LogP contribution < -0.4 is 0 Å². The van der Waals surface area contributed by atoms with Crippen molar-refractivity contribution < 1.29 is 14.2 Å². The van der Waals surface area contributed by atoms with Crippen LogP contribution in [0.15, 0.2) is 36.2 Å². The van der Waals surface area contributed by atoms with Gasteiger partial charge in [-0.15, -0.1) is 0 Å². The fourth-order valence-electron chi connectivity index (χ4n) is 13.1. The van der Waals surface area contributed by atoms with Gasteiger partial charge in [-0.3, -0.25) is 0 Å². The van der Waals surface area contributed by atoms with Gasteiger partial charge in [-0.2, -0.15) is 0 Å². The third-order valence-corrected chi connectivity index (χ3v) is 16.9. The summed E-state index contributed by atoms with van der Waals surface area (Å²) < 4.78 is 21.5. The summed E-state index contributed by atoms with van der Waals surface area (Å²) in [6.45, 7) is 21.0. The van der Waals surface area contributed by atoms with Crippen LogP contribution >= 0.6 is 0 Å². The van der Waals surface area contributed by atoms with Gasteiger partial charge in [-0.1, -0.05) is 142 Å². The molecule has 9 atom stereocenters. The largest absolute Gasteiger partial charge is 0.379 e. The fourth-order valence-corrected chi connectivity index (χ4v) is 13.1. The van der Waals surface area contributed by atoms with E-state index in [-0.39, 0.29) is 6.10 Å². The lowest BCUT2D eigenvalue weighted by molar-refractivity contribution is -0.0648. The van der Waals surface area contributed by atoms with E-state index < -0.39 is 0 Å². The zero-order valence-electron chi connectivity index (χ0n) is 41.3. The smallest absolute Gasteiger partial charge is 0.105 e. The Morgan fingerprint density at radius 3 is 2.20 bits per heavy atom. The third-order valence-electron chi connectivity index (χ3n) is 16.9. The molecule has 4 aliphatic carbocycles. The van der Waals surface area contributed by atoms with Crippen molar-refractivity contribution in [3.63, 3.8) is 0 Å². The second-order valence-corrected chi connectivity index (χ2v) is 21.9. The van der Waals surface area contributed by atoms with Crippen LogP contribution in [0.4, 0.5) is 0 Å². The van der Waals surface area contributed by atoms with Gasteiger partial charge in [0.25, 0.3) is 0 Å². The first-order valence-electron chi connectivity index (χ1n) is 26.8. The lowest BCUT2D eigenvalue weighted by atomic mass is 9.47. The molecule has 1 aromatic heterocycles. The molecule has 61 heavy (non-hydrogen) atoms. The second-order valence-electron chi connectivity index (χ2n) is 21.9. The molecule has 0 spiro atoms. The highest BCUT2D eigenvalue weighted by atomic mass is 16.5. The van der Waals surface area contributed by atoms with Gasteiger partial charge in [0.05, 0.1) is 25.4 Å². The molecule has 5 rings (SSSR count). The van der Waals surface area contributed by atoms with Crippen LogP contribution in [0.2, 0.25) is 0 Å². The van der Waals surface area contributed by atoms with E-state index in [0.717, 1.165) is 93.4 Å². The lowest BCUT2D eigenvalue weighted by Crippen LogP contribution is -2.51. The summed E-state index contributed by atoms with van der Waals surface area (Å²) in [5, 5.41) is 0. The number of allylic oxidation sites excluding steroid dienone is 3. The molecule has 0 N–H and O–H groups in total. The maximum atomic E-state index is 6.63. The van der Waals surface area contributed by atoms with Crippen molar-refractivity contribution in [2.24, 2.45) is 46.3 Å². The average molecular weight is 847 g/mol. The highest BCUT2D eigenvalue weighted by Gasteiger charge is 2.59. The first-order chi connectivity index (χ1) is 29.7. The van der Waals surface area contributed by atoms with Gasteiger partial charge in [-0.25, -0.2) is 4.98 Å². The number of hydrogen-bond acceptors (Lipinski definition) is 4. The van der Waals surface area contributed by atoms with E-state index in [4.69, 9.17) is 14.2 Å². The van der Waals surface area contributed by atoms with Crippen molar-refractivity contribution in [3.05, 3.63) is 42.0 Å². The topological polar surface area (TPSA) is 45.5 Å². The Kier molecular flexibility index (Phi) is 22.5. The number of ether oxygens (including phenoxy) is 3. The molecule has 0 aromatic carbocycles. The number of aryl methyl sites for hydroxylation is 1. The number of imidazole rings is 1. The zero-order chi connectivity index (χ0) is 43.3. The second kappa shape index (κ2) is 27.1. The minimum Gasteiger partial charge on any atom is -0.379 e. The van der Waals surface area contributed by atoms with E-state index in [9.17, 15) is 0 Å². The molecule has 3 fully saturated rings. The number of fused-ring (bicyclic) bond motifs is 5. The molecule has 0 aliphatic heterocycles. The van der Waals surface area contributed by atoms with Crippen LogP contribution in [-0.2, 0) is 20.8 Å². The Balaban J connectivity index is 0.930. The molecule has 5 nitrogen and oxygen atoms in total. The molecule has 0 amide bonds. The van der Waals surface area contributed by atoms with Crippen LogP contribution in [0.1, 0.15) is 221 Å². The van der Waals surface area contributed by atoms with Crippen molar-refractivity contribution in [1.29, 1.82) is 0 Å². The van der Waals surface area contributed by atoms with Gasteiger partial charge in [0.15, 0.2) is 0 Å². The Morgan fingerprint density at radius 1 is 0.770 bits per heavy atom. The molecule has 5 heteroatoms. The summed E-state index contributed by atoms with van der Waals surface area (Å²) in [5.41, 5.74) is 2.72. The predicted octanol–water partition coefficient (Wildman–Crippen LogP) is 15.8. The summed E-state index contributed by atoms with van der Waals surface area (Å²) in [6.07, 6.45) is 47.9. The van der Waals surface area contributed by atoms with Crippen molar-refractivity contribution in [2.45, 2.75) is 241 Å². The Bertz CT molecular complexity index is 1380. The molecule has 3 saturated carbocycles. The van der Waals surface area contributed by atoms with Gasteiger partial charge >= 0.3 is 0 Å². The number of hydrogen-bond donors (Lipinski definition) is 0. The number of nitrogens with zero attached hydrogens (tertiary/aromatic N) is 2. The molecule has 6 unspecified atom stereocenters. The minimum absolute atomic E-state index is 0.0481. The quantitative estimate of drug-likeness (QED) is 0.0535. The van der Waals surface area contributed by atoms with Gasteiger partial charge in [0.2, 0.25) is 0 Å². The molecule has 350 valence electrons. The Morgan fingerprint density at radius 2 is 1.48 bits per heavy atom. The highest BCUT2D eigenvalue weighted by molar-refractivity contribution is 5.25. The number of aromatic nitrogens is 2. The monoisotopic (exact) mass is 847 g/mol. The van der Waals surface area contributed by atoms with Gasteiger partial charge < -0.3 is 18.8 Å². The van der Waals surface area contributed by atoms with E-state index in [1.807, 2.05) is 6.20 Å². The first-order valence-corrected chi connectivity index (χ1v) is 26.8. The van der Waals surface area contributed by atoms with Crippen LogP contribution in [0.3, 0.4) is 0 Å². The van der Waals surface area contributed by atoms with Gasteiger partial charge in [0.1, 0.15) is 5.82 Å². The fraction of sp³-hybridized carbons (Fsp3) is 0.875. The molecule has 1 heterocycles. The number of rotatable bonds is 32. The summed E-state index contributed by atoms with van der Waals surface area (Å²) in [6, 6.07) is 0. The van der Waals surface area contributed by atoms with Crippen LogP contribution in [0.5, 0.6) is 0 Å². The summed E-state index contributed by atoms with van der Waals surface area (Å²) in [4.78, 5) is 4.45. The molecule has 0 radical (unpaired) electrons. The summed E-state index contributed by atoms with van der Waals surface area (Å²) in [7, 11) is 0. The average Bonchev–Trinajstić information content (AvgIpc) is 3.82. The van der Waals surface area contributed by atoms with E-state index in [2.05, 4.69) is 82.4 Å². The van der Waals surface area contributed by atoms with Crippen molar-refractivity contribution in [3.8, 4) is 0 Å². The standard InChI is InChI=1S/C56H98N2O3/c1-8-9-10-11-12-13-14-15-16-17-18-19-20-21-22-23-39-59-44-50(43-58-38-37-57-47(58)5)61-41-25-24-40-60-49-33-35-55(6)48(42-49)29-30-51-53-32-31-52(46(4)28-26-27-45(2)3)56(53,7)36-34-54(51)55/h15-16,29,37-38,45-46,49-54H,8-14,17-28,30-36,39-44H2,1-7H3/t46?,49-,50?,51?,52?,53?,54?,55-,56+/m0/s1. The molecular weight excluding hydrogens is 749 g/mol. The lowest BCUT2D eigenvalue weighted by Gasteiger charge is -2.58. The van der Waals surface area contributed by atoms with Crippen molar-refractivity contribution >= 4 is 0 Å². The summed E-state index contributed by atoms with van der Waals surface area (Å²) in [5.74, 6) is 6.43. The van der Waals surface area contributed by atoms with E-state index >= 15 is 0 Å². The third kappa shape index (κ3) is 15.6. The maximum Gasteiger partial charge on any atom is 0.105 e. The van der Waals surface area contributed by atoms with Gasteiger partial charge in [0, 0.05) is 32.2 Å². The van der Waals surface area contributed by atoms with Crippen LogP contribution in [0.25, 0.3) is 0 Å². The van der Waals surface area contributed by atoms with E-state index in [1.165, 1.54) is 148 Å².